The second-order valence-electron chi connectivity index (χ2n) is 8.39. The Morgan fingerprint density at radius 3 is 2.15 bits per heavy atom. The lowest BCUT2D eigenvalue weighted by atomic mass is 9.98. The van der Waals surface area contributed by atoms with Crippen LogP contribution in [-0.2, 0) is 19.1 Å². The van der Waals surface area contributed by atoms with Gasteiger partial charge in [-0.2, -0.15) is 0 Å². The number of carbonyl (C=O) groups excluding carboxylic acids is 2. The first-order chi connectivity index (χ1) is 15.8. The molecule has 0 radical (unpaired) electrons. The van der Waals surface area contributed by atoms with Crippen molar-refractivity contribution in [1.82, 2.24) is 10.6 Å². The fourth-order valence-corrected chi connectivity index (χ4v) is 4.16. The SMILES string of the molecule is CC[C@H](CC(=O)O)NC(=O)C(C)(COC)NC(=O)OCC1c2ccccc2-c2ccccc21. The molecule has 8 nitrogen and oxygen atoms in total. The number of ether oxygens (including phenoxy) is 2. The maximum Gasteiger partial charge on any atom is 0.408 e. The molecule has 0 fully saturated rings. The minimum atomic E-state index is -1.43. The van der Waals surface area contributed by atoms with Gasteiger partial charge in [0.1, 0.15) is 12.1 Å². The smallest absolute Gasteiger partial charge is 0.408 e. The van der Waals surface area contributed by atoms with Gasteiger partial charge in [-0.15, -0.1) is 0 Å². The van der Waals surface area contributed by atoms with Crippen molar-refractivity contribution < 1.29 is 29.0 Å². The molecule has 0 bridgehead atoms. The number of fused-ring (bicyclic) bond motifs is 3. The third-order valence-electron chi connectivity index (χ3n) is 5.90. The van der Waals surface area contributed by atoms with E-state index in [-0.39, 0.29) is 25.6 Å². The van der Waals surface area contributed by atoms with Gasteiger partial charge in [0.25, 0.3) is 0 Å². The van der Waals surface area contributed by atoms with Crippen LogP contribution in [-0.4, -0.2) is 55.0 Å². The molecule has 0 saturated carbocycles. The zero-order chi connectivity index (χ0) is 24.0. The number of benzene rings is 2. The number of hydrogen-bond acceptors (Lipinski definition) is 5. The predicted octanol–water partition coefficient (Wildman–Crippen LogP) is 3.30. The predicted molar refractivity (Wildman–Crippen MR) is 123 cm³/mol. The van der Waals surface area contributed by atoms with E-state index in [4.69, 9.17) is 14.6 Å². The first-order valence-electron chi connectivity index (χ1n) is 10.9. The van der Waals surface area contributed by atoms with Crippen LogP contribution < -0.4 is 10.6 Å². The fourth-order valence-electron chi connectivity index (χ4n) is 4.16. The molecule has 0 aromatic heterocycles. The molecule has 1 unspecified atom stereocenters. The Morgan fingerprint density at radius 1 is 1.06 bits per heavy atom. The first-order valence-corrected chi connectivity index (χ1v) is 10.9. The number of alkyl carbamates (subject to hydrolysis) is 1. The quantitative estimate of drug-likeness (QED) is 0.508. The van der Waals surface area contributed by atoms with Gasteiger partial charge in [0, 0.05) is 19.1 Å². The van der Waals surface area contributed by atoms with Crippen LogP contribution in [0.5, 0.6) is 0 Å². The van der Waals surface area contributed by atoms with Crippen molar-refractivity contribution in [3.8, 4) is 11.1 Å². The van der Waals surface area contributed by atoms with Crippen LogP contribution >= 0.6 is 0 Å². The van der Waals surface area contributed by atoms with Crippen molar-refractivity contribution in [3.63, 3.8) is 0 Å². The van der Waals surface area contributed by atoms with Crippen LogP contribution in [0.3, 0.4) is 0 Å². The Balaban J connectivity index is 1.68. The standard InChI is InChI=1S/C25H30N2O6/c1-4-16(13-22(28)29)26-23(30)25(2,15-32-3)27-24(31)33-14-21-19-11-7-5-9-17(19)18-10-6-8-12-20(18)21/h5-12,16,21H,4,13-15H2,1-3H3,(H,26,30)(H,27,31)(H,28,29)/t16-,25?/m1/s1. The third-order valence-corrected chi connectivity index (χ3v) is 5.90. The Labute approximate surface area is 193 Å². The van der Waals surface area contributed by atoms with Crippen LogP contribution in [0.2, 0.25) is 0 Å². The normalized spacial score (nSPS) is 15.0. The molecule has 0 spiro atoms. The van der Waals surface area contributed by atoms with E-state index in [1.165, 1.54) is 14.0 Å². The largest absolute Gasteiger partial charge is 0.481 e. The Kier molecular flexibility index (Phi) is 7.71. The van der Waals surface area contributed by atoms with Crippen LogP contribution in [0.1, 0.15) is 43.7 Å². The lowest BCUT2D eigenvalue weighted by Crippen LogP contribution is -2.61. The third kappa shape index (κ3) is 5.51. The number of carbonyl (C=O) groups is 3. The number of carboxylic acid groups (broad SMARTS) is 1. The summed E-state index contributed by atoms with van der Waals surface area (Å²) < 4.78 is 10.7. The van der Waals surface area contributed by atoms with E-state index in [1.54, 1.807) is 6.92 Å². The monoisotopic (exact) mass is 454 g/mol. The number of methoxy groups -OCH3 is 1. The molecule has 0 heterocycles. The second kappa shape index (κ2) is 10.5. The minimum absolute atomic E-state index is 0.105. The molecule has 176 valence electrons. The highest BCUT2D eigenvalue weighted by atomic mass is 16.5. The molecule has 0 aliphatic heterocycles. The van der Waals surface area contributed by atoms with E-state index >= 15 is 0 Å². The van der Waals surface area contributed by atoms with Gasteiger partial charge >= 0.3 is 12.1 Å². The molecule has 2 aromatic rings. The van der Waals surface area contributed by atoms with Crippen LogP contribution in [0.4, 0.5) is 4.79 Å². The second-order valence-corrected chi connectivity index (χ2v) is 8.39. The maximum absolute atomic E-state index is 12.9. The zero-order valence-electron chi connectivity index (χ0n) is 19.1. The summed E-state index contributed by atoms with van der Waals surface area (Å²) in [4.78, 5) is 36.6. The molecule has 3 N–H and O–H groups in total. The lowest BCUT2D eigenvalue weighted by molar-refractivity contribution is -0.138. The molecule has 1 aliphatic rings. The fraction of sp³-hybridized carbons (Fsp3) is 0.400. The average Bonchev–Trinajstić information content (AvgIpc) is 3.10. The molecule has 8 heteroatoms. The summed E-state index contributed by atoms with van der Waals surface area (Å²) in [6.07, 6.45) is -0.527. The number of nitrogens with one attached hydrogen (secondary N) is 2. The van der Waals surface area contributed by atoms with Gasteiger partial charge < -0.3 is 25.2 Å². The van der Waals surface area contributed by atoms with Crippen molar-refractivity contribution in [2.75, 3.05) is 20.3 Å². The van der Waals surface area contributed by atoms with Crippen LogP contribution in [0, 0.1) is 0 Å². The highest BCUT2D eigenvalue weighted by Crippen LogP contribution is 2.44. The zero-order valence-corrected chi connectivity index (χ0v) is 19.1. The molecule has 2 atom stereocenters. The number of rotatable bonds is 10. The van der Waals surface area contributed by atoms with Gasteiger partial charge in [0.05, 0.1) is 13.0 Å². The summed E-state index contributed by atoms with van der Waals surface area (Å²) in [5, 5.41) is 14.3. The number of aliphatic carboxylic acids is 1. The van der Waals surface area contributed by atoms with Gasteiger partial charge in [-0.1, -0.05) is 55.5 Å². The van der Waals surface area contributed by atoms with Crippen molar-refractivity contribution in [2.45, 2.75) is 44.2 Å². The van der Waals surface area contributed by atoms with Gasteiger partial charge in [-0.25, -0.2) is 4.79 Å². The highest BCUT2D eigenvalue weighted by molar-refractivity contribution is 5.90. The Morgan fingerprint density at radius 2 is 1.64 bits per heavy atom. The summed E-state index contributed by atoms with van der Waals surface area (Å²) in [5.74, 6) is -1.66. The summed E-state index contributed by atoms with van der Waals surface area (Å²) in [6.45, 7) is 3.30. The number of hydrogen-bond donors (Lipinski definition) is 3. The Bertz CT molecular complexity index is 978. The summed E-state index contributed by atoms with van der Waals surface area (Å²) >= 11 is 0. The van der Waals surface area contributed by atoms with Crippen molar-refractivity contribution in [1.29, 1.82) is 0 Å². The molecule has 2 aromatic carbocycles. The maximum atomic E-state index is 12.9. The molecule has 0 saturated heterocycles. The first kappa shape index (κ1) is 24.3. The van der Waals surface area contributed by atoms with Gasteiger partial charge in [0.15, 0.2) is 0 Å². The van der Waals surface area contributed by atoms with Gasteiger partial charge in [-0.3, -0.25) is 9.59 Å². The molecule has 33 heavy (non-hydrogen) atoms. The topological polar surface area (TPSA) is 114 Å². The minimum Gasteiger partial charge on any atom is -0.481 e. The molecular formula is C25H30N2O6. The average molecular weight is 455 g/mol. The van der Waals surface area contributed by atoms with Gasteiger partial charge in [0.2, 0.25) is 5.91 Å². The summed E-state index contributed by atoms with van der Waals surface area (Å²) in [6, 6.07) is 15.5. The van der Waals surface area contributed by atoms with E-state index < -0.39 is 29.6 Å². The van der Waals surface area contributed by atoms with E-state index in [9.17, 15) is 14.4 Å². The van der Waals surface area contributed by atoms with Gasteiger partial charge in [-0.05, 0) is 35.6 Å². The number of carboxylic acids is 1. The van der Waals surface area contributed by atoms with Crippen molar-refractivity contribution >= 4 is 18.0 Å². The van der Waals surface area contributed by atoms with E-state index in [0.29, 0.717) is 6.42 Å². The van der Waals surface area contributed by atoms with Crippen LogP contribution in [0.15, 0.2) is 48.5 Å². The number of amides is 2. The molecule has 2 amide bonds. The van der Waals surface area contributed by atoms with Crippen molar-refractivity contribution in [3.05, 3.63) is 59.7 Å². The molecule has 3 rings (SSSR count). The van der Waals surface area contributed by atoms with Crippen molar-refractivity contribution in [2.24, 2.45) is 0 Å². The van der Waals surface area contributed by atoms with E-state index in [1.807, 2.05) is 36.4 Å². The van der Waals surface area contributed by atoms with E-state index in [0.717, 1.165) is 22.3 Å². The highest BCUT2D eigenvalue weighted by Gasteiger charge is 2.37. The van der Waals surface area contributed by atoms with Crippen LogP contribution in [0.25, 0.3) is 11.1 Å². The summed E-state index contributed by atoms with van der Waals surface area (Å²) in [5.41, 5.74) is 2.99. The molecule has 1 aliphatic carbocycles. The Hall–Kier alpha value is -3.39. The molecular weight excluding hydrogens is 424 g/mol. The summed E-state index contributed by atoms with van der Waals surface area (Å²) in [7, 11) is 1.42. The van der Waals surface area contributed by atoms with E-state index in [2.05, 4.69) is 22.8 Å². The lowest BCUT2D eigenvalue weighted by Gasteiger charge is -2.30.